The van der Waals surface area contributed by atoms with Gasteiger partial charge >= 0.3 is 0 Å². The smallest absolute Gasteiger partial charge is 0.175 e. The van der Waals surface area contributed by atoms with E-state index in [0.29, 0.717) is 0 Å². The molecule has 2 aliphatic heterocycles. The second kappa shape index (κ2) is 6.12. The van der Waals surface area contributed by atoms with Crippen LogP contribution in [0.2, 0.25) is 0 Å². The van der Waals surface area contributed by atoms with Gasteiger partial charge in [-0.3, -0.25) is 4.79 Å². The van der Waals surface area contributed by atoms with Crippen LogP contribution in [0.3, 0.4) is 0 Å². The number of ketones is 1. The lowest BCUT2D eigenvalue weighted by Gasteiger charge is -2.25. The summed E-state index contributed by atoms with van der Waals surface area (Å²) in [4.78, 5) is 22.1. The van der Waals surface area contributed by atoms with Crippen LogP contribution in [0.4, 0.5) is 11.4 Å². The Kier molecular flexibility index (Phi) is 3.92. The highest BCUT2D eigenvalue weighted by Gasteiger charge is 2.39. The summed E-state index contributed by atoms with van der Waals surface area (Å²) in [5, 5.41) is 0. The van der Waals surface area contributed by atoms with Gasteiger partial charge in [-0.05, 0) is 57.3 Å². The van der Waals surface area contributed by atoms with E-state index in [-0.39, 0.29) is 11.7 Å². The Hall–Kier alpha value is -2.46. The van der Waals surface area contributed by atoms with Crippen molar-refractivity contribution in [1.82, 2.24) is 4.90 Å². The van der Waals surface area contributed by atoms with E-state index in [0.717, 1.165) is 47.8 Å². The summed E-state index contributed by atoms with van der Waals surface area (Å²) in [6.45, 7) is 3.79. The molecule has 0 saturated carbocycles. The molecule has 4 rings (SSSR count). The first-order valence-electron chi connectivity index (χ1n) is 8.77. The number of hydrogen-bond acceptors (Lipinski definition) is 4. The quantitative estimate of drug-likeness (QED) is 0.857. The van der Waals surface area contributed by atoms with Crippen LogP contribution in [-0.4, -0.2) is 37.2 Å². The van der Waals surface area contributed by atoms with Gasteiger partial charge in [-0.25, -0.2) is 4.99 Å². The van der Waals surface area contributed by atoms with Crippen LogP contribution in [0, 0.1) is 12.8 Å². The van der Waals surface area contributed by atoms with E-state index in [1.165, 1.54) is 5.56 Å². The number of hydrogen-bond donors (Lipinski definition) is 0. The molecule has 0 aromatic heterocycles. The average Bonchev–Trinajstić information content (AvgIpc) is 3.00. The molecule has 25 heavy (non-hydrogen) atoms. The molecule has 2 heterocycles. The molecule has 0 aliphatic carbocycles. The molecule has 1 unspecified atom stereocenters. The second-order valence-electron chi connectivity index (χ2n) is 7.25. The lowest BCUT2D eigenvalue weighted by molar-refractivity contribution is 0.0954. The van der Waals surface area contributed by atoms with Gasteiger partial charge in [-0.1, -0.05) is 23.8 Å². The Bertz CT molecular complexity index is 852. The Labute approximate surface area is 148 Å². The summed E-state index contributed by atoms with van der Waals surface area (Å²) in [7, 11) is 4.14. The lowest BCUT2D eigenvalue weighted by atomic mass is 9.91. The minimum Gasteiger partial charge on any atom is -0.329 e. The molecular weight excluding hydrogens is 310 g/mol. The molecule has 2 aromatic rings. The zero-order valence-corrected chi connectivity index (χ0v) is 15.0. The number of aryl methyl sites for hydroxylation is 1. The van der Waals surface area contributed by atoms with Crippen LogP contribution >= 0.6 is 0 Å². The minimum atomic E-state index is -0.101. The molecule has 128 valence electrons. The van der Waals surface area contributed by atoms with E-state index in [2.05, 4.69) is 48.2 Å². The van der Waals surface area contributed by atoms with Gasteiger partial charge in [0, 0.05) is 24.3 Å². The number of rotatable bonds is 3. The average molecular weight is 333 g/mol. The fraction of sp³-hybridized carbons (Fsp3) is 0.333. The van der Waals surface area contributed by atoms with Crippen LogP contribution < -0.4 is 4.90 Å². The normalized spacial score (nSPS) is 19.0. The van der Waals surface area contributed by atoms with Gasteiger partial charge in [0.2, 0.25) is 0 Å². The highest BCUT2D eigenvalue weighted by molar-refractivity contribution is 6.22. The van der Waals surface area contributed by atoms with E-state index in [1.807, 2.05) is 25.1 Å². The molecule has 1 saturated heterocycles. The third-order valence-electron chi connectivity index (χ3n) is 4.95. The molecule has 0 bridgehead atoms. The molecule has 0 amide bonds. The SMILES string of the molecule is Cc1ccc2c(c1)C(=O)C1CCN(c3ccc(CN(C)C)cc3)C1=N2. The maximum atomic E-state index is 12.9. The number of Topliss-reactive ketones (excluding diaryl/α,β-unsaturated/α-hetero) is 1. The van der Waals surface area contributed by atoms with Crippen molar-refractivity contribution in [2.45, 2.75) is 19.9 Å². The predicted octanol–water partition coefficient (Wildman–Crippen LogP) is 3.81. The molecule has 4 nitrogen and oxygen atoms in total. The predicted molar refractivity (Wildman–Crippen MR) is 102 cm³/mol. The number of amidine groups is 1. The Balaban J connectivity index is 1.67. The summed E-state index contributed by atoms with van der Waals surface area (Å²) in [5.41, 5.74) is 5.09. The zero-order valence-electron chi connectivity index (χ0n) is 15.0. The van der Waals surface area contributed by atoms with Crippen LogP contribution in [0.5, 0.6) is 0 Å². The van der Waals surface area contributed by atoms with E-state index in [9.17, 15) is 4.79 Å². The number of carbonyl (C=O) groups is 1. The van der Waals surface area contributed by atoms with Crippen molar-refractivity contribution >= 4 is 23.0 Å². The topological polar surface area (TPSA) is 35.9 Å². The number of aliphatic imine (C=N–C) groups is 1. The summed E-state index contributed by atoms with van der Waals surface area (Å²) in [5.74, 6) is 1.02. The van der Waals surface area contributed by atoms with Gasteiger partial charge in [-0.15, -0.1) is 0 Å². The summed E-state index contributed by atoms with van der Waals surface area (Å²) < 4.78 is 0. The number of carbonyl (C=O) groups excluding carboxylic acids is 1. The molecule has 1 fully saturated rings. The molecule has 2 aromatic carbocycles. The van der Waals surface area contributed by atoms with Gasteiger partial charge in [-0.2, -0.15) is 0 Å². The second-order valence-corrected chi connectivity index (χ2v) is 7.25. The van der Waals surface area contributed by atoms with Gasteiger partial charge in [0.05, 0.1) is 11.6 Å². The van der Waals surface area contributed by atoms with E-state index in [4.69, 9.17) is 4.99 Å². The number of benzene rings is 2. The molecule has 0 radical (unpaired) electrons. The van der Waals surface area contributed by atoms with Crippen molar-refractivity contribution in [1.29, 1.82) is 0 Å². The number of nitrogens with zero attached hydrogens (tertiary/aromatic N) is 3. The first kappa shape index (κ1) is 16.0. The van der Waals surface area contributed by atoms with Crippen LogP contribution in [0.1, 0.15) is 27.9 Å². The molecule has 0 spiro atoms. The van der Waals surface area contributed by atoms with Crippen molar-refractivity contribution in [2.75, 3.05) is 25.5 Å². The zero-order chi connectivity index (χ0) is 17.6. The minimum absolute atomic E-state index is 0.101. The molecule has 4 heteroatoms. The first-order chi connectivity index (χ1) is 12.0. The lowest BCUT2D eigenvalue weighted by Crippen LogP contribution is -2.32. The van der Waals surface area contributed by atoms with Crippen molar-refractivity contribution in [3.05, 3.63) is 59.2 Å². The maximum absolute atomic E-state index is 12.9. The fourth-order valence-electron chi connectivity index (χ4n) is 3.74. The molecule has 0 N–H and O–H groups in total. The molecular formula is C21H23N3O. The Morgan fingerprint density at radius 3 is 2.64 bits per heavy atom. The Morgan fingerprint density at radius 1 is 1.16 bits per heavy atom. The van der Waals surface area contributed by atoms with Crippen LogP contribution in [-0.2, 0) is 6.54 Å². The maximum Gasteiger partial charge on any atom is 0.175 e. The summed E-state index contributed by atoms with van der Waals surface area (Å²) in [6.07, 6.45) is 0.838. The van der Waals surface area contributed by atoms with Gasteiger partial charge < -0.3 is 9.80 Å². The van der Waals surface area contributed by atoms with Gasteiger partial charge in [0.15, 0.2) is 5.78 Å². The highest BCUT2D eigenvalue weighted by atomic mass is 16.1. The van der Waals surface area contributed by atoms with Gasteiger partial charge in [0.1, 0.15) is 5.84 Å². The summed E-state index contributed by atoms with van der Waals surface area (Å²) >= 11 is 0. The Morgan fingerprint density at radius 2 is 1.92 bits per heavy atom. The fourth-order valence-corrected chi connectivity index (χ4v) is 3.74. The van der Waals surface area contributed by atoms with Crippen LogP contribution in [0.15, 0.2) is 47.5 Å². The van der Waals surface area contributed by atoms with E-state index in [1.54, 1.807) is 0 Å². The van der Waals surface area contributed by atoms with Crippen molar-refractivity contribution in [3.8, 4) is 0 Å². The highest BCUT2D eigenvalue weighted by Crippen LogP contribution is 2.37. The number of fused-ring (bicyclic) bond motifs is 2. The molecule has 2 aliphatic rings. The van der Waals surface area contributed by atoms with Crippen molar-refractivity contribution in [3.63, 3.8) is 0 Å². The van der Waals surface area contributed by atoms with Crippen molar-refractivity contribution < 1.29 is 4.79 Å². The first-order valence-corrected chi connectivity index (χ1v) is 8.77. The third kappa shape index (κ3) is 2.87. The standard InChI is InChI=1S/C21H23N3O/c1-14-4-9-19-18(12-14)20(25)17-10-11-24(21(17)22-19)16-7-5-15(6-8-16)13-23(2)3/h4-9,12,17H,10-11,13H2,1-3H3. The third-order valence-corrected chi connectivity index (χ3v) is 4.95. The van der Waals surface area contributed by atoms with Gasteiger partial charge in [0.25, 0.3) is 0 Å². The number of anilines is 1. The largest absolute Gasteiger partial charge is 0.329 e. The molecule has 1 atom stereocenters. The van der Waals surface area contributed by atoms with E-state index >= 15 is 0 Å². The summed E-state index contributed by atoms with van der Waals surface area (Å²) in [6, 6.07) is 14.5. The monoisotopic (exact) mass is 333 g/mol. The van der Waals surface area contributed by atoms with E-state index < -0.39 is 0 Å². The van der Waals surface area contributed by atoms with Crippen LogP contribution in [0.25, 0.3) is 0 Å². The van der Waals surface area contributed by atoms with Crippen molar-refractivity contribution in [2.24, 2.45) is 10.9 Å².